The molecular weight excluding hydrogens is 262 g/mol. The molecule has 0 fully saturated rings. The van der Waals surface area contributed by atoms with E-state index in [1.54, 1.807) is 7.11 Å². The summed E-state index contributed by atoms with van der Waals surface area (Å²) < 4.78 is 5.20. The Kier molecular flexibility index (Phi) is 5.56. The average molecular weight is 286 g/mol. The molecule has 0 aliphatic rings. The van der Waals surface area contributed by atoms with Crippen LogP contribution in [0.2, 0.25) is 5.15 Å². The average Bonchev–Trinajstić information content (AvgIpc) is 2.32. The highest BCUT2D eigenvalue weighted by Crippen LogP contribution is 2.26. The maximum absolute atomic E-state index is 6.21. The minimum absolute atomic E-state index is 0.128. The number of nitrogens with zero attached hydrogens (tertiary/aromatic N) is 2. The van der Waals surface area contributed by atoms with Crippen molar-refractivity contribution in [3.63, 3.8) is 0 Å². The molecule has 0 aliphatic carbocycles. The Morgan fingerprint density at radius 2 is 1.95 bits per heavy atom. The first-order valence-electron chi connectivity index (χ1n) is 6.59. The molecule has 0 bridgehead atoms. The van der Waals surface area contributed by atoms with Gasteiger partial charge in [-0.2, -0.15) is 0 Å². The second-order valence-electron chi connectivity index (χ2n) is 5.77. The van der Waals surface area contributed by atoms with Crippen molar-refractivity contribution in [1.29, 1.82) is 0 Å². The number of rotatable bonds is 5. The van der Waals surface area contributed by atoms with Gasteiger partial charge in [-0.3, -0.25) is 0 Å². The van der Waals surface area contributed by atoms with Crippen LogP contribution in [0.15, 0.2) is 0 Å². The highest BCUT2D eigenvalue weighted by atomic mass is 35.5. The van der Waals surface area contributed by atoms with Gasteiger partial charge in [0.2, 0.25) is 0 Å². The van der Waals surface area contributed by atoms with Crippen molar-refractivity contribution in [2.24, 2.45) is 0 Å². The standard InChI is InChI=1S/C14H24ClN3O/c1-7-10(8-19-6)16-12-9(2)11(15)17-13(18-12)14(3,4)5/h10H,7-8H2,1-6H3,(H,16,17,18). The van der Waals surface area contributed by atoms with E-state index in [0.717, 1.165) is 23.6 Å². The molecule has 1 aromatic heterocycles. The van der Waals surface area contributed by atoms with Gasteiger partial charge in [0.1, 0.15) is 16.8 Å². The molecule has 0 aliphatic heterocycles. The predicted octanol–water partition coefficient (Wildman–Crippen LogP) is 3.57. The van der Waals surface area contributed by atoms with Crippen molar-refractivity contribution >= 4 is 17.4 Å². The van der Waals surface area contributed by atoms with Gasteiger partial charge < -0.3 is 10.1 Å². The maximum Gasteiger partial charge on any atom is 0.137 e. The second kappa shape index (κ2) is 6.53. The molecule has 0 radical (unpaired) electrons. The lowest BCUT2D eigenvalue weighted by Crippen LogP contribution is -2.26. The Labute approximate surface area is 120 Å². The fourth-order valence-corrected chi connectivity index (χ4v) is 1.79. The van der Waals surface area contributed by atoms with Gasteiger partial charge in [0.05, 0.1) is 12.6 Å². The van der Waals surface area contributed by atoms with Crippen LogP contribution in [0.3, 0.4) is 0 Å². The number of hydrogen-bond acceptors (Lipinski definition) is 4. The second-order valence-corrected chi connectivity index (χ2v) is 6.12. The fourth-order valence-electron chi connectivity index (χ4n) is 1.62. The summed E-state index contributed by atoms with van der Waals surface area (Å²) in [5.74, 6) is 1.55. The molecule has 1 heterocycles. The van der Waals surface area contributed by atoms with Gasteiger partial charge in [-0.15, -0.1) is 0 Å². The van der Waals surface area contributed by atoms with Gasteiger partial charge in [-0.1, -0.05) is 39.3 Å². The van der Waals surface area contributed by atoms with Gasteiger partial charge in [0.15, 0.2) is 0 Å². The van der Waals surface area contributed by atoms with E-state index >= 15 is 0 Å². The maximum atomic E-state index is 6.21. The summed E-state index contributed by atoms with van der Waals surface area (Å²) in [5.41, 5.74) is 0.751. The van der Waals surface area contributed by atoms with E-state index in [1.807, 2.05) is 6.92 Å². The van der Waals surface area contributed by atoms with Crippen LogP contribution in [0.1, 0.15) is 45.5 Å². The number of methoxy groups -OCH3 is 1. The van der Waals surface area contributed by atoms with E-state index in [-0.39, 0.29) is 11.5 Å². The van der Waals surface area contributed by atoms with Crippen LogP contribution in [-0.2, 0) is 10.2 Å². The van der Waals surface area contributed by atoms with Crippen LogP contribution in [0.5, 0.6) is 0 Å². The summed E-state index contributed by atoms with van der Waals surface area (Å²) in [7, 11) is 1.70. The molecule has 0 saturated heterocycles. The lowest BCUT2D eigenvalue weighted by molar-refractivity contribution is 0.184. The third kappa shape index (κ3) is 4.32. The summed E-state index contributed by atoms with van der Waals surface area (Å²) >= 11 is 6.21. The number of anilines is 1. The number of hydrogen-bond donors (Lipinski definition) is 1. The first-order chi connectivity index (χ1) is 8.79. The van der Waals surface area contributed by atoms with Gasteiger partial charge in [-0.05, 0) is 13.3 Å². The quantitative estimate of drug-likeness (QED) is 0.840. The first-order valence-corrected chi connectivity index (χ1v) is 6.97. The van der Waals surface area contributed by atoms with E-state index in [1.165, 1.54) is 0 Å². The number of halogens is 1. The topological polar surface area (TPSA) is 47.0 Å². The monoisotopic (exact) mass is 285 g/mol. The molecule has 0 amide bonds. The summed E-state index contributed by atoms with van der Waals surface area (Å²) in [4.78, 5) is 8.98. The zero-order valence-electron chi connectivity index (χ0n) is 12.7. The molecule has 1 aromatic rings. The van der Waals surface area contributed by atoms with Crippen molar-refractivity contribution in [1.82, 2.24) is 9.97 Å². The predicted molar refractivity (Wildman–Crippen MR) is 80.1 cm³/mol. The molecule has 1 unspecified atom stereocenters. The summed E-state index contributed by atoms with van der Waals surface area (Å²) in [6, 6.07) is 0.225. The van der Waals surface area contributed by atoms with Crippen LogP contribution in [-0.4, -0.2) is 29.7 Å². The zero-order valence-corrected chi connectivity index (χ0v) is 13.4. The minimum Gasteiger partial charge on any atom is -0.383 e. The molecule has 1 atom stereocenters. The van der Waals surface area contributed by atoms with Crippen LogP contribution in [0, 0.1) is 6.92 Å². The van der Waals surface area contributed by atoms with E-state index < -0.39 is 0 Å². The number of nitrogens with one attached hydrogen (secondary N) is 1. The van der Waals surface area contributed by atoms with Crippen molar-refractivity contribution in [3.8, 4) is 0 Å². The molecule has 4 nitrogen and oxygen atoms in total. The summed E-state index contributed by atoms with van der Waals surface area (Å²) in [5, 5.41) is 3.90. The highest BCUT2D eigenvalue weighted by Gasteiger charge is 2.21. The molecule has 5 heteroatoms. The molecule has 0 saturated carbocycles. The normalized spacial score (nSPS) is 13.4. The number of ether oxygens (including phenoxy) is 1. The lowest BCUT2D eigenvalue weighted by atomic mass is 9.95. The number of aromatic nitrogens is 2. The molecule has 1 rings (SSSR count). The Hall–Kier alpha value is -0.870. The van der Waals surface area contributed by atoms with Gasteiger partial charge in [-0.25, -0.2) is 9.97 Å². The van der Waals surface area contributed by atoms with Crippen molar-refractivity contribution in [2.45, 2.75) is 52.5 Å². The Balaban J connectivity index is 3.09. The van der Waals surface area contributed by atoms with Crippen molar-refractivity contribution in [2.75, 3.05) is 19.0 Å². The smallest absolute Gasteiger partial charge is 0.137 e. The van der Waals surface area contributed by atoms with Gasteiger partial charge in [0, 0.05) is 18.1 Å². The SMILES string of the molecule is CCC(COC)Nc1nc(C(C)(C)C)nc(Cl)c1C. The van der Waals surface area contributed by atoms with E-state index in [0.29, 0.717) is 11.8 Å². The Bertz CT molecular complexity index is 429. The lowest BCUT2D eigenvalue weighted by Gasteiger charge is -2.22. The van der Waals surface area contributed by atoms with Crippen LogP contribution in [0.25, 0.3) is 0 Å². The van der Waals surface area contributed by atoms with Crippen LogP contribution < -0.4 is 5.32 Å². The molecule has 19 heavy (non-hydrogen) atoms. The Morgan fingerprint density at radius 3 is 2.42 bits per heavy atom. The highest BCUT2D eigenvalue weighted by molar-refractivity contribution is 6.30. The third-order valence-corrected chi connectivity index (χ3v) is 3.33. The minimum atomic E-state index is -0.128. The zero-order chi connectivity index (χ0) is 14.6. The fraction of sp³-hybridized carbons (Fsp3) is 0.714. The van der Waals surface area contributed by atoms with Crippen LogP contribution in [0.4, 0.5) is 5.82 Å². The van der Waals surface area contributed by atoms with Crippen molar-refractivity contribution < 1.29 is 4.74 Å². The van der Waals surface area contributed by atoms with Gasteiger partial charge in [0.25, 0.3) is 0 Å². The van der Waals surface area contributed by atoms with Crippen LogP contribution >= 0.6 is 11.6 Å². The summed E-state index contributed by atoms with van der Waals surface area (Å²) in [6.45, 7) is 10.9. The largest absolute Gasteiger partial charge is 0.383 e. The molecular formula is C14H24ClN3O. The summed E-state index contributed by atoms with van der Waals surface area (Å²) in [6.07, 6.45) is 0.958. The van der Waals surface area contributed by atoms with E-state index in [9.17, 15) is 0 Å². The molecule has 0 aromatic carbocycles. The molecule has 108 valence electrons. The third-order valence-electron chi connectivity index (χ3n) is 2.96. The molecule has 1 N–H and O–H groups in total. The van der Waals surface area contributed by atoms with E-state index in [4.69, 9.17) is 16.3 Å². The Morgan fingerprint density at radius 1 is 1.32 bits per heavy atom. The molecule has 0 spiro atoms. The van der Waals surface area contributed by atoms with Crippen molar-refractivity contribution in [3.05, 3.63) is 16.5 Å². The van der Waals surface area contributed by atoms with Gasteiger partial charge >= 0.3 is 0 Å². The first kappa shape index (κ1) is 16.2. The van der Waals surface area contributed by atoms with E-state index in [2.05, 4.69) is 43.0 Å².